The fourth-order valence-corrected chi connectivity index (χ4v) is 17.2. The molecule has 0 atom stereocenters. The van der Waals surface area contributed by atoms with Crippen LogP contribution in [0.1, 0.15) is 80.6 Å². The summed E-state index contributed by atoms with van der Waals surface area (Å²) in [5, 5.41) is 6.80. The summed E-state index contributed by atoms with van der Waals surface area (Å²) in [6, 6.07) is 43.0. The van der Waals surface area contributed by atoms with Gasteiger partial charge in [0.05, 0.1) is 17.0 Å². The molecule has 30 nitrogen and oxygen atoms in total. The van der Waals surface area contributed by atoms with Crippen molar-refractivity contribution in [3.63, 3.8) is 0 Å². The minimum Gasteiger partial charge on any atom is -0.744 e. The first kappa shape index (κ1) is 108. The molecule has 0 spiro atoms. The second-order valence-corrected chi connectivity index (χ2v) is 34.4. The van der Waals surface area contributed by atoms with Crippen LogP contribution in [0.15, 0.2) is 167 Å². The number of nitrogens with one attached hydrogen (secondary N) is 4. The Bertz CT molecular complexity index is 6970. The van der Waals surface area contributed by atoms with E-state index in [1.807, 2.05) is 92.6 Å². The fraction of sp³-hybridized carbons (Fsp3) is 0.173. The van der Waals surface area contributed by atoms with Crippen LogP contribution in [0.25, 0.3) is 66.8 Å². The maximum Gasteiger partial charge on any atom is 1.00 e. The molecule has 592 valence electrons. The van der Waals surface area contributed by atoms with Crippen LogP contribution >= 0.6 is 0 Å². The minimum atomic E-state index is -5.41. The molecule has 12 rings (SSSR count). The summed E-state index contributed by atoms with van der Waals surface area (Å²) in [5.74, 6) is -0.0420. The van der Waals surface area contributed by atoms with Crippen molar-refractivity contribution in [1.29, 1.82) is 0 Å². The van der Waals surface area contributed by atoms with E-state index in [0.29, 0.717) is 39.4 Å². The van der Waals surface area contributed by atoms with E-state index in [-0.39, 0.29) is 272 Å². The molecule has 0 bridgehead atoms. The predicted molar refractivity (Wildman–Crippen MR) is 405 cm³/mol. The van der Waals surface area contributed by atoms with E-state index in [1.165, 1.54) is 74.5 Å². The van der Waals surface area contributed by atoms with Gasteiger partial charge >= 0.3 is 209 Å². The molecule has 2 aliphatic carbocycles. The summed E-state index contributed by atoms with van der Waals surface area (Å²) in [5.41, 5.74) is 10.3. The van der Waals surface area contributed by atoms with Crippen molar-refractivity contribution in [3.8, 4) is 44.9 Å². The largest absolute Gasteiger partial charge is 1.00 e. The van der Waals surface area contributed by atoms with Crippen LogP contribution in [-0.4, -0.2) is 103 Å². The first-order valence-corrected chi connectivity index (χ1v) is 42.7. The number of aryl methyl sites for hydroxylation is 9. The number of fused-ring (bicyclic) bond motifs is 4. The number of benzene rings is 10. The van der Waals surface area contributed by atoms with Crippen LogP contribution in [-0.2, 0) is 87.8 Å². The van der Waals surface area contributed by atoms with Gasteiger partial charge in [0.1, 0.15) is 61.5 Å². The standard InChI is InChI=1S/C75H65N4O17S5.6Na.3O3S/c1-38-25-39(2)70(40(3)26-38)76-50-21-23-52-60(32-50)95-62-36-58(66(99(86,87)88)34-56(62)68(52)54-17-13-15-19-64(54)97(80,81)82)78-72-44(7)30-49(31-45(72)8)75(11,12)48-28-42(5)71(43(6)29-48)77-51-22-24-53-61(33-51)96-63-37-59(79-73-41(4)27-46(9)74(47(73)10)101(92,93)94)67(100(89,90)91)35-57(63)69(53)55-18-14-16-20-65(55)98(83,84)85;;;;;;;3*1-4(2)3/h13-20,23-25,27-37,76-77H,1-12H3,(H,80,81,82)(H,83,84,85)(H,86,87,88)(H,89,90,91)(H,92,93,94);;;;;;;;;/q-3;6*+1;;;/p-1. The van der Waals surface area contributed by atoms with Crippen molar-refractivity contribution in [2.75, 3.05) is 10.6 Å². The number of hydrogen-bond acceptors (Lipinski definition) is 26. The monoisotopic (exact) mass is 1830 g/mol. The Morgan fingerprint density at radius 2 is 0.756 bits per heavy atom. The Morgan fingerprint density at radius 3 is 1.12 bits per heavy atom. The Labute approximate surface area is 823 Å². The van der Waals surface area contributed by atoms with Crippen LogP contribution in [0.5, 0.6) is 0 Å². The average molecular weight is 1830 g/mol. The Hall–Kier alpha value is -4.85. The average Bonchev–Trinajstić information content (AvgIpc) is 0.736. The molecule has 119 heavy (non-hydrogen) atoms. The molecule has 0 radical (unpaired) electrons. The number of rotatable bonds is 15. The van der Waals surface area contributed by atoms with Gasteiger partial charge in [-0.05, 0) is 130 Å². The third kappa shape index (κ3) is 25.7. The molecule has 0 fully saturated rings. The van der Waals surface area contributed by atoms with Gasteiger partial charge in [-0.1, -0.05) is 122 Å². The molecular weight excluding hydrogens is 1770 g/mol. The summed E-state index contributed by atoms with van der Waals surface area (Å²) in [6.45, 7) is 21.7. The van der Waals surface area contributed by atoms with Crippen LogP contribution < -0.4 is 209 Å². The molecule has 0 saturated heterocycles. The molecule has 2 aliphatic heterocycles. The van der Waals surface area contributed by atoms with Crippen molar-refractivity contribution < 1.29 is 299 Å². The van der Waals surface area contributed by atoms with Gasteiger partial charge in [0.25, 0.3) is 20.2 Å². The van der Waals surface area contributed by atoms with E-state index < -0.39 is 112 Å². The summed E-state index contributed by atoms with van der Waals surface area (Å²) in [7, 11) is -34.9. The van der Waals surface area contributed by atoms with Crippen molar-refractivity contribution in [3.05, 3.63) is 229 Å². The Balaban J connectivity index is 0.00000191. The topological polar surface area (TPSA) is 512 Å². The van der Waals surface area contributed by atoms with Crippen LogP contribution in [0.3, 0.4) is 0 Å². The first-order valence-electron chi connectivity index (χ1n) is 32.6. The van der Waals surface area contributed by atoms with Gasteiger partial charge in [-0.3, -0.25) is 9.11 Å². The van der Waals surface area contributed by atoms with Crippen molar-refractivity contribution >= 4 is 138 Å². The van der Waals surface area contributed by atoms with Crippen molar-refractivity contribution in [1.82, 2.24) is 0 Å². The van der Waals surface area contributed by atoms with Gasteiger partial charge < -0.3 is 33.1 Å². The van der Waals surface area contributed by atoms with E-state index in [0.717, 1.165) is 62.8 Å². The summed E-state index contributed by atoms with van der Waals surface area (Å²) < 4.78 is 280. The van der Waals surface area contributed by atoms with Crippen LogP contribution in [0.2, 0.25) is 0 Å². The zero-order valence-corrected chi connectivity index (χ0v) is 85.7. The van der Waals surface area contributed by atoms with E-state index in [1.54, 1.807) is 31.2 Å². The number of anilines is 4. The second kappa shape index (κ2) is 42.9. The third-order valence-electron chi connectivity index (χ3n) is 18.2. The molecular formula is C75H64N4Na6O26S8+2. The molecule has 0 aromatic heterocycles. The normalized spacial score (nSPS) is 11.7. The molecule has 0 unspecified atom stereocenters. The van der Waals surface area contributed by atoms with Gasteiger partial charge in [-0.25, -0.2) is 35.2 Å². The van der Waals surface area contributed by atoms with Gasteiger partial charge in [0.15, 0.2) is 0 Å². The zero-order valence-electron chi connectivity index (χ0n) is 67.2. The fourth-order valence-electron chi connectivity index (χ4n) is 13.6. The summed E-state index contributed by atoms with van der Waals surface area (Å²) >= 11 is 0. The van der Waals surface area contributed by atoms with Crippen LogP contribution in [0, 0.1) is 87.4 Å². The summed E-state index contributed by atoms with van der Waals surface area (Å²) in [4.78, 5) is 3.01. The molecule has 2 heterocycles. The van der Waals surface area contributed by atoms with E-state index in [2.05, 4.69) is 38.8 Å². The predicted octanol–water partition coefficient (Wildman–Crippen LogP) is -10.1. The van der Waals surface area contributed by atoms with Crippen LogP contribution in [0.4, 0.5) is 34.1 Å². The smallest absolute Gasteiger partial charge is 0.744 e. The second-order valence-electron chi connectivity index (χ2n) is 26.4. The van der Waals surface area contributed by atoms with Gasteiger partial charge in [0.2, 0.25) is 22.1 Å². The number of hydrogen-bond donors (Lipinski definition) is 6. The zero-order chi connectivity index (χ0) is 84.0. The SMILES string of the molecule is Cc1[c-]c(C)c(Nc2[c-]cc3c(-c4ccccc4S(=O)(=O)O)c4cc(S(=O)(=O)[O-])c(=[NH+]c5c(C)cc(C(C)(C)c6cc(C)c(Nc7[c-]cc8c(-c9ccccc9S(=O)(=O)O)c9cc(S(=O)(=O)[O-])c(=[NH+]c%10c(C)cc(C)c(S(=O)(=O)[O-])c%10C)cc-9oc8c7)c(C)c6)cc5C)cc-4oc3c2)c(C)c1.O=S(=O)=O.O=S(=O)=O.O=S(=O)=O.[Na+].[Na+].[Na+].[Na+].[Na+].[Na+]. The summed E-state index contributed by atoms with van der Waals surface area (Å²) in [6.07, 6.45) is 0. The molecule has 0 amide bonds. The third-order valence-corrected chi connectivity index (χ3v) is 22.9. The molecule has 0 saturated carbocycles. The Morgan fingerprint density at radius 1 is 0.412 bits per heavy atom. The maximum absolute atomic E-state index is 13.5. The molecule has 6 N–H and O–H groups in total. The molecule has 44 heteroatoms. The van der Waals surface area contributed by atoms with Gasteiger partial charge in [-0.2, -0.15) is 58.8 Å². The molecule has 8 aromatic rings. The van der Waals surface area contributed by atoms with Gasteiger partial charge in [0, 0.05) is 55.6 Å². The van der Waals surface area contributed by atoms with Crippen molar-refractivity contribution in [2.24, 2.45) is 0 Å². The van der Waals surface area contributed by atoms with Crippen molar-refractivity contribution in [2.45, 2.75) is 113 Å². The van der Waals surface area contributed by atoms with E-state index in [9.17, 15) is 64.9 Å². The van der Waals surface area contributed by atoms with E-state index in [4.69, 9.17) is 46.7 Å². The molecule has 4 aliphatic rings. The van der Waals surface area contributed by atoms with Gasteiger partial charge in [-0.15, -0.1) is 61.1 Å². The Kier molecular flexibility index (Phi) is 39.0. The molecule has 8 aromatic carbocycles. The minimum absolute atomic E-state index is 0. The first-order chi connectivity index (χ1) is 52.3. The van der Waals surface area contributed by atoms with E-state index >= 15 is 0 Å². The maximum atomic E-state index is 13.5. The quantitative estimate of drug-likeness (QED) is 0.0240.